The summed E-state index contributed by atoms with van der Waals surface area (Å²) in [4.78, 5) is 42.8. The van der Waals surface area contributed by atoms with Crippen molar-refractivity contribution in [2.45, 2.75) is 37.1 Å². The number of Topliss-reactive ketones (excluding diaryl/α,β-unsaturated/α-hetero) is 1. The first-order chi connectivity index (χ1) is 27.5. The SMILES string of the molecule is Brc1ccc2nc3n(c2n1)C1(COC3)COc2ccccc21.O=C1CC2(COCc3nc4ccc(C5=CCN(c6ccncn6)CC5)nc4n32)c2ccccc21. The fraction of sp³-hybridized carbons (Fsp3) is 0.262. The molecule has 1 aliphatic carbocycles. The van der Waals surface area contributed by atoms with Crippen LogP contribution in [0.5, 0.6) is 5.75 Å². The van der Waals surface area contributed by atoms with Crippen LogP contribution < -0.4 is 9.64 Å². The highest BCUT2D eigenvalue weighted by atomic mass is 79.9. The lowest BCUT2D eigenvalue weighted by molar-refractivity contribution is 0.0134. The minimum atomic E-state index is -0.591. The van der Waals surface area contributed by atoms with E-state index in [0.717, 1.165) is 92.0 Å². The van der Waals surface area contributed by atoms with Crippen molar-refractivity contribution in [1.82, 2.24) is 39.0 Å². The Kier molecular flexibility index (Phi) is 7.70. The summed E-state index contributed by atoms with van der Waals surface area (Å²) in [6.45, 7) is 4.10. The van der Waals surface area contributed by atoms with Crippen LogP contribution in [0.4, 0.5) is 5.82 Å². The quantitative estimate of drug-likeness (QED) is 0.184. The van der Waals surface area contributed by atoms with E-state index in [1.807, 2.05) is 66.7 Å². The van der Waals surface area contributed by atoms with Crippen LogP contribution in [0.3, 0.4) is 0 Å². The highest BCUT2D eigenvalue weighted by molar-refractivity contribution is 9.10. The van der Waals surface area contributed by atoms with Crippen molar-refractivity contribution in [3.8, 4) is 5.75 Å². The highest BCUT2D eigenvalue weighted by Crippen LogP contribution is 2.46. The second kappa shape index (κ2) is 12.9. The maximum atomic E-state index is 12.9. The lowest BCUT2D eigenvalue weighted by Crippen LogP contribution is -2.45. The molecule has 56 heavy (non-hydrogen) atoms. The van der Waals surface area contributed by atoms with E-state index in [2.05, 4.69) is 68.1 Å². The van der Waals surface area contributed by atoms with E-state index in [9.17, 15) is 4.79 Å². The van der Waals surface area contributed by atoms with Gasteiger partial charge in [0.2, 0.25) is 0 Å². The zero-order valence-electron chi connectivity index (χ0n) is 30.1. The number of hydrogen-bond donors (Lipinski definition) is 0. The van der Waals surface area contributed by atoms with Crippen molar-refractivity contribution in [3.63, 3.8) is 0 Å². The van der Waals surface area contributed by atoms with Gasteiger partial charge in [-0.15, -0.1) is 0 Å². The minimum Gasteiger partial charge on any atom is -0.490 e. The van der Waals surface area contributed by atoms with Crippen LogP contribution in [-0.2, 0) is 33.8 Å². The lowest BCUT2D eigenvalue weighted by Gasteiger charge is -2.36. The average Bonchev–Trinajstić information content (AvgIpc) is 3.99. The van der Waals surface area contributed by atoms with Crippen LogP contribution in [0, 0.1) is 0 Å². The number of carbonyl (C=O) groups is 1. The molecule has 7 aromatic rings. The molecule has 4 aliphatic heterocycles. The molecule has 0 saturated heterocycles. The largest absolute Gasteiger partial charge is 0.490 e. The van der Waals surface area contributed by atoms with Crippen LogP contribution in [0.25, 0.3) is 27.9 Å². The molecule has 5 aromatic heterocycles. The molecule has 13 nitrogen and oxygen atoms in total. The molecule has 12 rings (SSSR count). The number of fused-ring (bicyclic) bond motifs is 12. The van der Waals surface area contributed by atoms with Crippen molar-refractivity contribution >= 4 is 55.4 Å². The molecule has 14 heteroatoms. The van der Waals surface area contributed by atoms with Gasteiger partial charge in [-0.2, -0.15) is 0 Å². The number of ketones is 1. The Morgan fingerprint density at radius 2 is 1.46 bits per heavy atom. The van der Waals surface area contributed by atoms with Crippen LogP contribution in [-0.4, -0.2) is 77.7 Å². The fourth-order valence-corrected chi connectivity index (χ4v) is 9.36. The summed E-state index contributed by atoms with van der Waals surface area (Å²) in [7, 11) is 0. The number of ether oxygens (including phenoxy) is 3. The molecule has 2 spiro atoms. The number of benzene rings is 2. The Balaban J connectivity index is 0.000000142. The second-order valence-corrected chi connectivity index (χ2v) is 15.5. The number of imidazole rings is 2. The van der Waals surface area contributed by atoms with Crippen LogP contribution in [0.1, 0.15) is 51.7 Å². The molecule has 0 saturated carbocycles. The summed E-state index contributed by atoms with van der Waals surface area (Å²) in [6, 6.07) is 25.9. The van der Waals surface area contributed by atoms with Crippen LogP contribution in [0.15, 0.2) is 102 Å². The number of hydrogen-bond acceptors (Lipinski definition) is 11. The van der Waals surface area contributed by atoms with Gasteiger partial charge in [-0.3, -0.25) is 13.9 Å². The monoisotopic (exact) mass is 807 g/mol. The number of nitrogens with zero attached hydrogens (tertiary/aromatic N) is 9. The number of anilines is 1. The van der Waals surface area contributed by atoms with E-state index in [1.165, 1.54) is 5.57 Å². The molecule has 0 fully saturated rings. The predicted molar refractivity (Wildman–Crippen MR) is 210 cm³/mol. The zero-order chi connectivity index (χ0) is 37.4. The summed E-state index contributed by atoms with van der Waals surface area (Å²) in [5, 5.41) is 0. The van der Waals surface area contributed by atoms with Crippen molar-refractivity contribution in [2.75, 3.05) is 37.8 Å². The van der Waals surface area contributed by atoms with Crippen LogP contribution >= 0.6 is 15.9 Å². The number of aromatic nitrogens is 8. The number of para-hydroxylation sites is 1. The molecule has 0 radical (unpaired) electrons. The highest BCUT2D eigenvalue weighted by Gasteiger charge is 2.50. The van der Waals surface area contributed by atoms with Gasteiger partial charge in [0, 0.05) is 36.8 Å². The van der Waals surface area contributed by atoms with Gasteiger partial charge in [-0.25, -0.2) is 29.9 Å². The topological polar surface area (TPSA) is 135 Å². The lowest BCUT2D eigenvalue weighted by atomic mass is 9.91. The Hall–Kier alpha value is -5.83. The van der Waals surface area contributed by atoms with Gasteiger partial charge in [0.15, 0.2) is 17.1 Å². The Bertz CT molecular complexity index is 2750. The van der Waals surface area contributed by atoms with E-state index in [4.69, 9.17) is 24.2 Å². The van der Waals surface area contributed by atoms with Crippen molar-refractivity contribution in [2.24, 2.45) is 0 Å². The molecule has 9 heterocycles. The van der Waals surface area contributed by atoms with Crippen molar-refractivity contribution in [3.05, 3.63) is 136 Å². The van der Waals surface area contributed by atoms with Gasteiger partial charge in [0.05, 0.1) is 18.9 Å². The van der Waals surface area contributed by atoms with E-state index in [1.54, 1.807) is 12.5 Å². The first-order valence-electron chi connectivity index (χ1n) is 18.6. The smallest absolute Gasteiger partial charge is 0.166 e. The molecule has 278 valence electrons. The second-order valence-electron chi connectivity index (χ2n) is 14.7. The number of halogens is 1. The number of pyridine rings is 2. The fourth-order valence-electron chi connectivity index (χ4n) is 9.06. The number of rotatable bonds is 2. The third-order valence-electron chi connectivity index (χ3n) is 11.6. The Labute approximate surface area is 329 Å². The van der Waals surface area contributed by atoms with Gasteiger partial charge in [0.1, 0.15) is 76.1 Å². The third kappa shape index (κ3) is 5.09. The zero-order valence-corrected chi connectivity index (χ0v) is 31.7. The van der Waals surface area contributed by atoms with E-state index < -0.39 is 5.54 Å². The molecule has 2 atom stereocenters. The first kappa shape index (κ1) is 33.5. The molecule has 2 aromatic carbocycles. The van der Waals surface area contributed by atoms with Crippen molar-refractivity contribution in [1.29, 1.82) is 0 Å². The molecule has 0 N–H and O–H groups in total. The van der Waals surface area contributed by atoms with Gasteiger partial charge in [-0.05, 0) is 69.9 Å². The van der Waals surface area contributed by atoms with Gasteiger partial charge >= 0.3 is 0 Å². The molecule has 0 bridgehead atoms. The summed E-state index contributed by atoms with van der Waals surface area (Å²) in [5.74, 6) is 3.71. The average molecular weight is 809 g/mol. The summed E-state index contributed by atoms with van der Waals surface area (Å²) < 4.78 is 22.9. The molecular formula is C42H34BrN9O4. The molecular weight excluding hydrogens is 774 g/mol. The first-order valence-corrected chi connectivity index (χ1v) is 19.4. The summed E-state index contributed by atoms with van der Waals surface area (Å²) in [6.07, 6.45) is 6.82. The third-order valence-corrected chi connectivity index (χ3v) is 12.0. The van der Waals surface area contributed by atoms with Gasteiger partial charge < -0.3 is 19.1 Å². The van der Waals surface area contributed by atoms with Crippen molar-refractivity contribution < 1.29 is 19.0 Å². The Morgan fingerprint density at radius 3 is 2.25 bits per heavy atom. The minimum absolute atomic E-state index is 0.143. The predicted octanol–water partition coefficient (Wildman–Crippen LogP) is 6.24. The molecule has 5 aliphatic rings. The summed E-state index contributed by atoms with van der Waals surface area (Å²) >= 11 is 3.46. The standard InChI is InChI=1S/C26H22N6O2.C16H12BrN3O2/c33-22-13-26(19-4-2-1-3-18(19)22)15-34-14-24-29-21-6-5-20(30-25(21)32(24)26)17-8-11-31(12-9-17)23-7-10-27-16-28-23;17-13-6-5-11-15(19-13)20-14(18-11)7-21-8-16(20)9-22-12-4-2-1-3-10(12)16/h1-8,10,16H,9,11-15H2;1-6H,7-9H2. The van der Waals surface area contributed by atoms with E-state index >= 15 is 0 Å². The summed E-state index contributed by atoms with van der Waals surface area (Å²) in [5.41, 5.74) is 7.51. The van der Waals surface area contributed by atoms with Gasteiger partial charge in [0.25, 0.3) is 0 Å². The van der Waals surface area contributed by atoms with Gasteiger partial charge in [-0.1, -0.05) is 48.5 Å². The maximum absolute atomic E-state index is 12.9. The molecule has 0 amide bonds. The maximum Gasteiger partial charge on any atom is 0.166 e. The number of carbonyl (C=O) groups excluding carboxylic acids is 1. The molecule has 2 unspecified atom stereocenters. The van der Waals surface area contributed by atoms with E-state index in [-0.39, 0.29) is 11.3 Å². The normalized spacial score (nSPS) is 22.0. The van der Waals surface area contributed by atoms with E-state index in [0.29, 0.717) is 39.5 Å². The Morgan fingerprint density at radius 1 is 0.732 bits per heavy atom. The van der Waals surface area contributed by atoms with Crippen LogP contribution in [0.2, 0.25) is 0 Å².